The molecule has 0 bridgehead atoms. The van der Waals surface area contributed by atoms with Crippen molar-refractivity contribution in [3.8, 4) is 10.6 Å². The SMILES string of the molecule is CC(C)c1ccc(-c2nc(C(=O)Nc3cccc(CN4CCCC4=O)c3)cs2)cc1. The van der Waals surface area contributed by atoms with Crippen LogP contribution in [-0.4, -0.2) is 28.2 Å². The monoisotopic (exact) mass is 419 g/mol. The summed E-state index contributed by atoms with van der Waals surface area (Å²) in [5, 5.41) is 5.54. The third-order valence-electron chi connectivity index (χ3n) is 5.29. The molecule has 0 unspecified atom stereocenters. The summed E-state index contributed by atoms with van der Waals surface area (Å²) in [4.78, 5) is 30.9. The molecule has 2 heterocycles. The first-order valence-electron chi connectivity index (χ1n) is 10.2. The highest BCUT2D eigenvalue weighted by atomic mass is 32.1. The highest BCUT2D eigenvalue weighted by Gasteiger charge is 2.20. The number of benzene rings is 2. The molecular formula is C24H25N3O2S. The molecule has 1 aliphatic rings. The van der Waals surface area contributed by atoms with Crippen LogP contribution in [0.15, 0.2) is 53.9 Å². The van der Waals surface area contributed by atoms with Crippen LogP contribution in [0, 0.1) is 0 Å². The van der Waals surface area contributed by atoms with Gasteiger partial charge in [-0.15, -0.1) is 11.3 Å². The number of rotatable bonds is 6. The molecule has 1 aliphatic heterocycles. The zero-order valence-corrected chi connectivity index (χ0v) is 18.0. The van der Waals surface area contributed by atoms with Crippen LogP contribution >= 0.6 is 11.3 Å². The highest BCUT2D eigenvalue weighted by Crippen LogP contribution is 2.26. The van der Waals surface area contributed by atoms with Crippen LogP contribution in [0.25, 0.3) is 10.6 Å². The topological polar surface area (TPSA) is 62.3 Å². The second-order valence-electron chi connectivity index (χ2n) is 7.89. The second-order valence-corrected chi connectivity index (χ2v) is 8.75. The lowest BCUT2D eigenvalue weighted by Crippen LogP contribution is -2.23. The summed E-state index contributed by atoms with van der Waals surface area (Å²) in [5.74, 6) is 0.447. The smallest absolute Gasteiger partial charge is 0.275 e. The van der Waals surface area contributed by atoms with Crippen molar-refractivity contribution >= 4 is 28.8 Å². The van der Waals surface area contributed by atoms with Gasteiger partial charge in [-0.05, 0) is 35.6 Å². The number of likely N-dealkylation sites (tertiary alicyclic amines) is 1. The molecule has 0 saturated carbocycles. The number of thiazole rings is 1. The number of carbonyl (C=O) groups is 2. The molecule has 154 valence electrons. The highest BCUT2D eigenvalue weighted by molar-refractivity contribution is 7.13. The molecule has 2 amide bonds. The van der Waals surface area contributed by atoms with Crippen molar-refractivity contribution in [3.63, 3.8) is 0 Å². The summed E-state index contributed by atoms with van der Waals surface area (Å²) in [7, 11) is 0. The number of amides is 2. The molecule has 6 heteroatoms. The minimum atomic E-state index is -0.231. The zero-order chi connectivity index (χ0) is 21.1. The van der Waals surface area contributed by atoms with Crippen LogP contribution in [0.4, 0.5) is 5.69 Å². The number of hydrogen-bond acceptors (Lipinski definition) is 4. The Morgan fingerprint density at radius 3 is 2.70 bits per heavy atom. The molecule has 0 spiro atoms. The third-order valence-corrected chi connectivity index (χ3v) is 6.18. The van der Waals surface area contributed by atoms with E-state index in [4.69, 9.17) is 0 Å². The van der Waals surface area contributed by atoms with Gasteiger partial charge in [-0.3, -0.25) is 9.59 Å². The van der Waals surface area contributed by atoms with Crippen molar-refractivity contribution in [1.82, 2.24) is 9.88 Å². The summed E-state index contributed by atoms with van der Waals surface area (Å²) < 4.78 is 0. The Hall–Kier alpha value is -2.99. The van der Waals surface area contributed by atoms with E-state index >= 15 is 0 Å². The molecule has 4 rings (SSSR count). The average Bonchev–Trinajstić information content (AvgIpc) is 3.38. The Labute approximate surface area is 180 Å². The van der Waals surface area contributed by atoms with Crippen molar-refractivity contribution in [2.24, 2.45) is 0 Å². The molecule has 30 heavy (non-hydrogen) atoms. The third kappa shape index (κ3) is 4.60. The minimum Gasteiger partial charge on any atom is -0.338 e. The molecule has 0 aliphatic carbocycles. The maximum atomic E-state index is 12.7. The van der Waals surface area contributed by atoms with E-state index < -0.39 is 0 Å². The van der Waals surface area contributed by atoms with Crippen molar-refractivity contribution < 1.29 is 9.59 Å². The zero-order valence-electron chi connectivity index (χ0n) is 17.2. The van der Waals surface area contributed by atoms with Crippen LogP contribution in [0.5, 0.6) is 0 Å². The number of hydrogen-bond donors (Lipinski definition) is 1. The van der Waals surface area contributed by atoms with Gasteiger partial charge in [-0.1, -0.05) is 50.2 Å². The second kappa shape index (κ2) is 8.79. The predicted molar refractivity (Wildman–Crippen MR) is 121 cm³/mol. The minimum absolute atomic E-state index is 0.195. The normalized spacial score (nSPS) is 13.8. The maximum Gasteiger partial charge on any atom is 0.275 e. The molecular weight excluding hydrogens is 394 g/mol. The number of carbonyl (C=O) groups excluding carboxylic acids is 2. The van der Waals surface area contributed by atoms with Gasteiger partial charge in [0.05, 0.1) is 0 Å². The van der Waals surface area contributed by atoms with Gasteiger partial charge in [0.2, 0.25) is 5.91 Å². The summed E-state index contributed by atoms with van der Waals surface area (Å²) in [6, 6.07) is 16.0. The van der Waals surface area contributed by atoms with E-state index in [1.54, 1.807) is 5.38 Å². The molecule has 1 fully saturated rings. The number of nitrogens with one attached hydrogen (secondary N) is 1. The fraction of sp³-hybridized carbons (Fsp3) is 0.292. The first-order chi connectivity index (χ1) is 14.5. The summed E-state index contributed by atoms with van der Waals surface area (Å²) in [6.07, 6.45) is 1.55. The van der Waals surface area contributed by atoms with E-state index in [9.17, 15) is 9.59 Å². The summed E-state index contributed by atoms with van der Waals surface area (Å²) in [5.41, 5.74) is 4.42. The Morgan fingerprint density at radius 1 is 1.20 bits per heavy atom. The number of aromatic nitrogens is 1. The van der Waals surface area contributed by atoms with Crippen LogP contribution < -0.4 is 5.32 Å². The Morgan fingerprint density at radius 2 is 2.00 bits per heavy atom. The number of nitrogens with zero attached hydrogens (tertiary/aromatic N) is 2. The van der Waals surface area contributed by atoms with Crippen LogP contribution in [0.1, 0.15) is 54.2 Å². The molecule has 1 aromatic heterocycles. The van der Waals surface area contributed by atoms with E-state index in [1.165, 1.54) is 16.9 Å². The Bertz CT molecular complexity index is 1060. The molecule has 0 atom stereocenters. The van der Waals surface area contributed by atoms with Gasteiger partial charge in [0.15, 0.2) is 0 Å². The quantitative estimate of drug-likeness (QED) is 0.589. The van der Waals surface area contributed by atoms with Crippen LogP contribution in [-0.2, 0) is 11.3 Å². The van der Waals surface area contributed by atoms with Gasteiger partial charge in [0.1, 0.15) is 10.7 Å². The van der Waals surface area contributed by atoms with E-state index in [0.29, 0.717) is 30.3 Å². The van der Waals surface area contributed by atoms with Gasteiger partial charge in [-0.2, -0.15) is 0 Å². The molecule has 2 aromatic carbocycles. The van der Waals surface area contributed by atoms with E-state index in [0.717, 1.165) is 29.1 Å². The van der Waals surface area contributed by atoms with E-state index in [1.807, 2.05) is 29.2 Å². The van der Waals surface area contributed by atoms with Crippen molar-refractivity contribution in [2.45, 2.75) is 39.2 Å². The standard InChI is InChI=1S/C24H25N3O2S/c1-16(2)18-8-10-19(11-9-18)24-26-21(15-30-24)23(29)25-20-6-3-5-17(13-20)14-27-12-4-7-22(27)28/h3,5-6,8-11,13,15-16H,4,7,12,14H2,1-2H3,(H,25,29). The van der Waals surface area contributed by atoms with Crippen LogP contribution in [0.2, 0.25) is 0 Å². The Balaban J connectivity index is 1.43. The summed E-state index contributed by atoms with van der Waals surface area (Å²) >= 11 is 1.46. The van der Waals surface area contributed by atoms with Gasteiger partial charge in [0.25, 0.3) is 5.91 Å². The van der Waals surface area contributed by atoms with Crippen LogP contribution in [0.3, 0.4) is 0 Å². The molecule has 1 N–H and O–H groups in total. The predicted octanol–water partition coefficient (Wildman–Crippen LogP) is 5.31. The van der Waals surface area contributed by atoms with Crippen molar-refractivity contribution in [1.29, 1.82) is 0 Å². The lowest BCUT2D eigenvalue weighted by molar-refractivity contribution is -0.128. The summed E-state index contributed by atoms with van der Waals surface area (Å²) in [6.45, 7) is 5.71. The fourth-order valence-electron chi connectivity index (χ4n) is 3.56. The van der Waals surface area contributed by atoms with Gasteiger partial charge in [-0.25, -0.2) is 4.98 Å². The lowest BCUT2D eigenvalue weighted by atomic mass is 10.0. The van der Waals surface area contributed by atoms with Crippen molar-refractivity contribution in [3.05, 3.63) is 70.7 Å². The van der Waals surface area contributed by atoms with Crippen molar-refractivity contribution in [2.75, 3.05) is 11.9 Å². The molecule has 0 radical (unpaired) electrons. The first kappa shape index (κ1) is 20.3. The molecule has 1 saturated heterocycles. The lowest BCUT2D eigenvalue weighted by Gasteiger charge is -2.16. The van der Waals surface area contributed by atoms with E-state index in [-0.39, 0.29) is 11.8 Å². The van der Waals surface area contributed by atoms with Gasteiger partial charge >= 0.3 is 0 Å². The molecule has 5 nitrogen and oxygen atoms in total. The average molecular weight is 420 g/mol. The van der Waals surface area contributed by atoms with E-state index in [2.05, 4.69) is 48.4 Å². The van der Waals surface area contributed by atoms with Gasteiger partial charge in [0, 0.05) is 36.1 Å². The fourth-order valence-corrected chi connectivity index (χ4v) is 4.36. The van der Waals surface area contributed by atoms with Gasteiger partial charge < -0.3 is 10.2 Å². The Kier molecular flexibility index (Phi) is 5.95. The largest absolute Gasteiger partial charge is 0.338 e. The maximum absolute atomic E-state index is 12.7. The molecule has 3 aromatic rings. The first-order valence-corrected chi connectivity index (χ1v) is 11.1. The number of anilines is 1.